The summed E-state index contributed by atoms with van der Waals surface area (Å²) in [5.41, 5.74) is 0.828. The Balaban J connectivity index is 1.97. The summed E-state index contributed by atoms with van der Waals surface area (Å²) >= 11 is 1.37. The third-order valence-corrected chi connectivity index (χ3v) is 4.67. The van der Waals surface area contributed by atoms with E-state index in [0.717, 1.165) is 54.7 Å². The van der Waals surface area contributed by atoms with Gasteiger partial charge < -0.3 is 15.0 Å². The van der Waals surface area contributed by atoms with Crippen LogP contribution < -0.4 is 10.2 Å². The van der Waals surface area contributed by atoms with Crippen molar-refractivity contribution in [2.45, 2.75) is 45.6 Å². The van der Waals surface area contributed by atoms with E-state index >= 15 is 0 Å². The van der Waals surface area contributed by atoms with Crippen molar-refractivity contribution in [1.29, 1.82) is 0 Å². The fraction of sp³-hybridized carbons (Fsp3) is 0.588. The summed E-state index contributed by atoms with van der Waals surface area (Å²) in [7, 11) is 3.32. The largest absolute Gasteiger partial charge is 0.378 e. The van der Waals surface area contributed by atoms with Crippen LogP contribution in [0.1, 0.15) is 43.6 Å². The summed E-state index contributed by atoms with van der Waals surface area (Å²) in [6.07, 6.45) is 6.09. The summed E-state index contributed by atoms with van der Waals surface area (Å²) in [6, 6.07) is 1.92. The van der Waals surface area contributed by atoms with E-state index in [2.05, 4.69) is 29.5 Å². The van der Waals surface area contributed by atoms with Crippen LogP contribution in [-0.2, 0) is 16.1 Å². The number of carbonyl (C=O) groups excluding carboxylic acids is 1. The fourth-order valence-electron chi connectivity index (χ4n) is 2.50. The second-order valence-corrected chi connectivity index (χ2v) is 6.64. The van der Waals surface area contributed by atoms with Gasteiger partial charge in [-0.2, -0.15) is 4.37 Å². The van der Waals surface area contributed by atoms with Gasteiger partial charge in [0.05, 0.1) is 12.3 Å². The molecule has 2 rings (SSSR count). The van der Waals surface area contributed by atoms with E-state index in [-0.39, 0.29) is 5.91 Å². The molecule has 8 nitrogen and oxygen atoms in total. The summed E-state index contributed by atoms with van der Waals surface area (Å²) in [5.74, 6) is 1.66. The average molecular weight is 379 g/mol. The zero-order valence-electron chi connectivity index (χ0n) is 15.6. The molecule has 0 atom stereocenters. The number of methoxy groups -OCH3 is 1. The zero-order chi connectivity index (χ0) is 18.8. The topological polar surface area (TPSA) is 93.1 Å². The Morgan fingerprint density at radius 1 is 1.27 bits per heavy atom. The number of amides is 1. The number of anilines is 2. The molecule has 9 heteroatoms. The molecule has 0 saturated carbocycles. The van der Waals surface area contributed by atoms with Crippen LogP contribution in [0.25, 0.3) is 0 Å². The quantitative estimate of drug-likeness (QED) is 0.601. The van der Waals surface area contributed by atoms with Crippen LogP contribution in [0.4, 0.5) is 10.9 Å². The number of hydrogen-bond donors (Lipinski definition) is 1. The number of carbonyl (C=O) groups is 1. The van der Waals surface area contributed by atoms with Crippen molar-refractivity contribution in [3.8, 4) is 0 Å². The van der Waals surface area contributed by atoms with Crippen LogP contribution in [0.3, 0.4) is 0 Å². The molecule has 0 bridgehead atoms. The smallest absolute Gasteiger partial charge is 0.219 e. The number of aryl methyl sites for hydroxylation is 1. The van der Waals surface area contributed by atoms with Crippen molar-refractivity contribution in [3.63, 3.8) is 0 Å². The molecule has 0 saturated heterocycles. The first-order valence-electron chi connectivity index (χ1n) is 8.72. The Morgan fingerprint density at radius 3 is 2.77 bits per heavy atom. The van der Waals surface area contributed by atoms with Crippen molar-refractivity contribution in [2.75, 3.05) is 25.6 Å². The minimum atomic E-state index is 0.0996. The number of nitrogens with zero attached hydrogens (tertiary/aromatic N) is 5. The highest BCUT2D eigenvalue weighted by molar-refractivity contribution is 7.09. The van der Waals surface area contributed by atoms with Crippen molar-refractivity contribution in [2.24, 2.45) is 0 Å². The van der Waals surface area contributed by atoms with Crippen LogP contribution in [0.5, 0.6) is 0 Å². The molecule has 0 fully saturated rings. The van der Waals surface area contributed by atoms with E-state index in [0.29, 0.717) is 13.0 Å². The normalized spacial score (nSPS) is 10.7. The van der Waals surface area contributed by atoms with Crippen LogP contribution in [0.15, 0.2) is 12.4 Å². The number of unbranched alkanes of at least 4 members (excludes halogenated alkanes) is 3. The van der Waals surface area contributed by atoms with Crippen LogP contribution in [0, 0.1) is 6.92 Å². The van der Waals surface area contributed by atoms with Crippen LogP contribution in [0.2, 0.25) is 0 Å². The third kappa shape index (κ3) is 6.30. The van der Waals surface area contributed by atoms with Gasteiger partial charge >= 0.3 is 0 Å². The first-order chi connectivity index (χ1) is 12.6. The lowest BCUT2D eigenvalue weighted by atomic mass is 10.1. The molecule has 0 aliphatic heterocycles. The number of ether oxygens (including phenoxy) is 1. The second-order valence-electron chi connectivity index (χ2n) is 5.91. The summed E-state index contributed by atoms with van der Waals surface area (Å²) < 4.78 is 9.44. The molecule has 0 aliphatic carbocycles. The van der Waals surface area contributed by atoms with Crippen molar-refractivity contribution in [3.05, 3.63) is 23.9 Å². The van der Waals surface area contributed by atoms with Crippen molar-refractivity contribution >= 4 is 28.4 Å². The lowest BCUT2D eigenvalue weighted by Gasteiger charge is -2.20. The molecule has 26 heavy (non-hydrogen) atoms. The molecule has 1 N–H and O–H groups in total. The molecular weight excluding hydrogens is 352 g/mol. The van der Waals surface area contributed by atoms with Gasteiger partial charge in [-0.3, -0.25) is 4.79 Å². The second kappa shape index (κ2) is 10.8. The number of nitrogens with one attached hydrogen (secondary N) is 1. The molecule has 0 aromatic carbocycles. The van der Waals surface area contributed by atoms with E-state index < -0.39 is 0 Å². The molecule has 2 heterocycles. The molecule has 2 aromatic rings. The van der Waals surface area contributed by atoms with E-state index in [4.69, 9.17) is 4.74 Å². The number of rotatable bonds is 11. The fourth-order valence-corrected chi connectivity index (χ4v) is 3.21. The third-order valence-electron chi connectivity index (χ3n) is 3.84. The van der Waals surface area contributed by atoms with E-state index in [1.807, 2.05) is 13.0 Å². The average Bonchev–Trinajstić information content (AvgIpc) is 3.07. The zero-order valence-corrected chi connectivity index (χ0v) is 16.4. The maximum atomic E-state index is 11.3. The Morgan fingerprint density at radius 2 is 2.08 bits per heavy atom. The van der Waals surface area contributed by atoms with Gasteiger partial charge in [0.15, 0.2) is 0 Å². The molecular formula is C17H26N6O2S. The lowest BCUT2D eigenvalue weighted by molar-refractivity contribution is -0.120. The highest BCUT2D eigenvalue weighted by Gasteiger charge is 2.15. The maximum Gasteiger partial charge on any atom is 0.219 e. The minimum absolute atomic E-state index is 0.0996. The molecule has 2 aromatic heterocycles. The standard InChI is InChI=1S/C17H26N6O2S/c1-13-21-17(26-22-13)23(9-7-5-4-6-8-16(24)18-2)15-10-14(11-25-3)19-12-20-15/h10,12H,4-9,11H2,1-3H3,(H,18,24). The Hall–Kier alpha value is -2.13. The summed E-state index contributed by atoms with van der Waals surface area (Å²) in [4.78, 5) is 26.5. The minimum Gasteiger partial charge on any atom is -0.378 e. The molecule has 0 radical (unpaired) electrons. The van der Waals surface area contributed by atoms with Gasteiger partial charge in [-0.05, 0) is 19.8 Å². The first kappa shape index (κ1) is 20.2. The van der Waals surface area contributed by atoms with Crippen molar-refractivity contribution < 1.29 is 9.53 Å². The van der Waals surface area contributed by atoms with Crippen LogP contribution in [-0.4, -0.2) is 45.9 Å². The first-order valence-corrected chi connectivity index (χ1v) is 9.49. The van der Waals surface area contributed by atoms with E-state index in [1.54, 1.807) is 20.5 Å². The Kier molecular flexibility index (Phi) is 8.36. The maximum absolute atomic E-state index is 11.3. The van der Waals surface area contributed by atoms with Gasteiger partial charge in [-0.1, -0.05) is 12.8 Å². The number of aromatic nitrogens is 4. The van der Waals surface area contributed by atoms with Gasteiger partial charge in [-0.15, -0.1) is 0 Å². The van der Waals surface area contributed by atoms with Gasteiger partial charge in [0.25, 0.3) is 0 Å². The Bertz CT molecular complexity index is 693. The lowest BCUT2D eigenvalue weighted by Crippen LogP contribution is -2.20. The molecule has 0 aliphatic rings. The molecule has 0 unspecified atom stereocenters. The van der Waals surface area contributed by atoms with E-state index in [1.165, 1.54) is 11.5 Å². The highest BCUT2D eigenvalue weighted by Crippen LogP contribution is 2.26. The molecule has 0 spiro atoms. The van der Waals surface area contributed by atoms with Gasteiger partial charge in [0.2, 0.25) is 11.0 Å². The van der Waals surface area contributed by atoms with Crippen molar-refractivity contribution in [1.82, 2.24) is 24.6 Å². The number of hydrogen-bond acceptors (Lipinski definition) is 8. The summed E-state index contributed by atoms with van der Waals surface area (Å²) in [5, 5.41) is 3.48. The Labute approximate surface area is 158 Å². The summed E-state index contributed by atoms with van der Waals surface area (Å²) in [6.45, 7) is 3.11. The monoisotopic (exact) mass is 378 g/mol. The molecule has 1 amide bonds. The predicted octanol–water partition coefficient (Wildman–Crippen LogP) is 2.62. The SMILES string of the molecule is CNC(=O)CCCCCCN(c1cc(COC)ncn1)c1nc(C)ns1. The van der Waals surface area contributed by atoms with Gasteiger partial charge in [0.1, 0.15) is 18.0 Å². The van der Waals surface area contributed by atoms with Gasteiger partial charge in [0, 0.05) is 44.7 Å². The highest BCUT2D eigenvalue weighted by atomic mass is 32.1. The van der Waals surface area contributed by atoms with Crippen LogP contribution >= 0.6 is 11.5 Å². The predicted molar refractivity (Wildman–Crippen MR) is 102 cm³/mol. The van der Waals surface area contributed by atoms with Gasteiger partial charge in [-0.25, -0.2) is 15.0 Å². The van der Waals surface area contributed by atoms with E-state index in [9.17, 15) is 4.79 Å². The molecule has 142 valence electrons.